The molecular formula is C15H21NO4. The van der Waals surface area contributed by atoms with Crippen LogP contribution in [-0.2, 0) is 9.59 Å². The number of likely N-dealkylation sites (N-methyl/N-ethyl adjacent to an activating group) is 1. The first-order valence-corrected chi connectivity index (χ1v) is 6.59. The van der Waals surface area contributed by atoms with Crippen LogP contribution in [0.5, 0.6) is 5.75 Å². The van der Waals surface area contributed by atoms with E-state index in [0.29, 0.717) is 12.2 Å². The van der Waals surface area contributed by atoms with E-state index in [4.69, 9.17) is 9.84 Å². The van der Waals surface area contributed by atoms with Crippen molar-refractivity contribution in [1.82, 2.24) is 4.90 Å². The monoisotopic (exact) mass is 279 g/mol. The van der Waals surface area contributed by atoms with E-state index in [-0.39, 0.29) is 5.91 Å². The molecule has 1 amide bonds. The van der Waals surface area contributed by atoms with Crippen molar-refractivity contribution < 1.29 is 19.4 Å². The summed E-state index contributed by atoms with van der Waals surface area (Å²) in [7, 11) is 1.48. The normalized spacial score (nSPS) is 13.4. The third-order valence-corrected chi connectivity index (χ3v) is 3.20. The highest BCUT2D eigenvalue weighted by Crippen LogP contribution is 2.16. The molecule has 0 aromatic heterocycles. The standard InChI is InChI=1S/C15H21NO4/c1-5-13(14(17)16(4)11(3)15(18)19)20-12-8-6-7-10(2)9-12/h6-9,11,13H,5H2,1-4H3,(H,18,19). The van der Waals surface area contributed by atoms with Crippen LogP contribution in [0.1, 0.15) is 25.8 Å². The summed E-state index contributed by atoms with van der Waals surface area (Å²) in [5.74, 6) is -0.753. The minimum Gasteiger partial charge on any atom is -0.481 e. The maximum Gasteiger partial charge on any atom is 0.326 e. The fourth-order valence-electron chi connectivity index (χ4n) is 1.74. The van der Waals surface area contributed by atoms with Gasteiger partial charge in [-0.15, -0.1) is 0 Å². The Hall–Kier alpha value is -2.04. The van der Waals surface area contributed by atoms with Crippen molar-refractivity contribution in [3.63, 3.8) is 0 Å². The minimum absolute atomic E-state index is 0.330. The Balaban J connectivity index is 2.80. The third-order valence-electron chi connectivity index (χ3n) is 3.20. The number of carboxylic acid groups (broad SMARTS) is 1. The number of hydrogen-bond donors (Lipinski definition) is 1. The van der Waals surface area contributed by atoms with Crippen molar-refractivity contribution in [3.8, 4) is 5.75 Å². The Morgan fingerprint density at radius 3 is 2.55 bits per heavy atom. The Kier molecular flexibility index (Phi) is 5.55. The molecule has 1 aromatic rings. The molecule has 0 fully saturated rings. The maximum absolute atomic E-state index is 12.2. The molecule has 0 aliphatic rings. The van der Waals surface area contributed by atoms with Gasteiger partial charge in [0.05, 0.1) is 0 Å². The second-order valence-electron chi connectivity index (χ2n) is 4.79. The molecule has 0 spiro atoms. The fourth-order valence-corrected chi connectivity index (χ4v) is 1.74. The number of amides is 1. The number of aliphatic carboxylic acids is 1. The van der Waals surface area contributed by atoms with E-state index in [0.717, 1.165) is 5.56 Å². The minimum atomic E-state index is -1.04. The molecule has 20 heavy (non-hydrogen) atoms. The smallest absolute Gasteiger partial charge is 0.326 e. The Bertz CT molecular complexity index is 487. The molecule has 0 bridgehead atoms. The van der Waals surface area contributed by atoms with E-state index >= 15 is 0 Å². The Morgan fingerprint density at radius 2 is 2.05 bits per heavy atom. The van der Waals surface area contributed by atoms with E-state index in [1.165, 1.54) is 18.9 Å². The van der Waals surface area contributed by atoms with Gasteiger partial charge < -0.3 is 14.7 Å². The molecule has 0 saturated carbocycles. The molecule has 1 N–H and O–H groups in total. The van der Waals surface area contributed by atoms with E-state index < -0.39 is 18.1 Å². The molecule has 5 heteroatoms. The van der Waals surface area contributed by atoms with Gasteiger partial charge in [0.1, 0.15) is 11.8 Å². The number of aryl methyl sites for hydroxylation is 1. The zero-order chi connectivity index (χ0) is 15.3. The van der Waals surface area contributed by atoms with Crippen molar-refractivity contribution in [2.45, 2.75) is 39.3 Å². The summed E-state index contributed by atoms with van der Waals surface area (Å²) in [5.41, 5.74) is 1.04. The van der Waals surface area contributed by atoms with Crippen LogP contribution in [0.3, 0.4) is 0 Å². The maximum atomic E-state index is 12.2. The van der Waals surface area contributed by atoms with E-state index in [9.17, 15) is 9.59 Å². The fraction of sp³-hybridized carbons (Fsp3) is 0.467. The van der Waals surface area contributed by atoms with Crippen molar-refractivity contribution in [2.75, 3.05) is 7.05 Å². The summed E-state index contributed by atoms with van der Waals surface area (Å²) in [6.45, 7) is 5.24. The van der Waals surface area contributed by atoms with Crippen LogP contribution in [0.25, 0.3) is 0 Å². The van der Waals surface area contributed by atoms with E-state index in [2.05, 4.69) is 0 Å². The molecule has 110 valence electrons. The highest BCUT2D eigenvalue weighted by atomic mass is 16.5. The Labute approximate surface area is 119 Å². The number of nitrogens with zero attached hydrogens (tertiary/aromatic N) is 1. The van der Waals surface area contributed by atoms with Crippen LogP contribution in [0.15, 0.2) is 24.3 Å². The van der Waals surface area contributed by atoms with E-state index in [1.54, 1.807) is 6.07 Å². The number of carboxylic acids is 1. The first-order valence-electron chi connectivity index (χ1n) is 6.59. The highest BCUT2D eigenvalue weighted by molar-refractivity contribution is 5.86. The van der Waals surface area contributed by atoms with Gasteiger partial charge in [0.25, 0.3) is 5.91 Å². The molecule has 0 aliphatic heterocycles. The van der Waals surface area contributed by atoms with Crippen molar-refractivity contribution in [2.24, 2.45) is 0 Å². The van der Waals surface area contributed by atoms with Crippen molar-refractivity contribution >= 4 is 11.9 Å². The second-order valence-corrected chi connectivity index (χ2v) is 4.79. The third kappa shape index (κ3) is 3.98. The molecule has 2 unspecified atom stereocenters. The molecule has 5 nitrogen and oxygen atoms in total. The van der Waals surface area contributed by atoms with Crippen LogP contribution in [0.2, 0.25) is 0 Å². The molecule has 0 radical (unpaired) electrons. The van der Waals surface area contributed by atoms with Gasteiger partial charge in [0.15, 0.2) is 6.10 Å². The van der Waals surface area contributed by atoms with Gasteiger partial charge >= 0.3 is 5.97 Å². The molecule has 1 aromatic carbocycles. The molecule has 0 saturated heterocycles. The lowest BCUT2D eigenvalue weighted by molar-refractivity contribution is -0.151. The lowest BCUT2D eigenvalue weighted by Crippen LogP contribution is -2.46. The van der Waals surface area contributed by atoms with Gasteiger partial charge in [-0.25, -0.2) is 4.79 Å². The van der Waals surface area contributed by atoms with Gasteiger partial charge in [0, 0.05) is 7.05 Å². The molecule has 0 heterocycles. The number of hydrogen-bond acceptors (Lipinski definition) is 3. The summed E-state index contributed by atoms with van der Waals surface area (Å²) in [6.07, 6.45) is -0.202. The van der Waals surface area contributed by atoms with Gasteiger partial charge in [0.2, 0.25) is 0 Å². The molecule has 1 rings (SSSR count). The molecule has 0 aliphatic carbocycles. The predicted molar refractivity (Wildman–Crippen MR) is 75.8 cm³/mol. The summed E-state index contributed by atoms with van der Waals surface area (Å²) >= 11 is 0. The first kappa shape index (κ1) is 16.0. The van der Waals surface area contributed by atoms with E-state index in [1.807, 2.05) is 32.0 Å². The van der Waals surface area contributed by atoms with Crippen LogP contribution in [-0.4, -0.2) is 41.1 Å². The molecule has 2 atom stereocenters. The van der Waals surface area contributed by atoms with Gasteiger partial charge in [-0.05, 0) is 38.0 Å². The van der Waals surface area contributed by atoms with Gasteiger partial charge in [-0.3, -0.25) is 4.79 Å². The number of rotatable bonds is 6. The van der Waals surface area contributed by atoms with Crippen LogP contribution in [0.4, 0.5) is 0 Å². The average molecular weight is 279 g/mol. The van der Waals surface area contributed by atoms with Crippen molar-refractivity contribution in [1.29, 1.82) is 0 Å². The zero-order valence-electron chi connectivity index (χ0n) is 12.3. The molecular weight excluding hydrogens is 258 g/mol. The average Bonchev–Trinajstić information content (AvgIpc) is 2.42. The van der Waals surface area contributed by atoms with Crippen molar-refractivity contribution in [3.05, 3.63) is 29.8 Å². The van der Waals surface area contributed by atoms with Crippen LogP contribution >= 0.6 is 0 Å². The largest absolute Gasteiger partial charge is 0.481 e. The summed E-state index contributed by atoms with van der Waals surface area (Å²) in [4.78, 5) is 24.4. The predicted octanol–water partition coefficient (Wildman–Crippen LogP) is 2.08. The lowest BCUT2D eigenvalue weighted by atomic mass is 10.2. The number of carbonyl (C=O) groups is 2. The number of carbonyl (C=O) groups excluding carboxylic acids is 1. The number of ether oxygens (including phenoxy) is 1. The summed E-state index contributed by atoms with van der Waals surface area (Å²) in [6, 6.07) is 6.54. The lowest BCUT2D eigenvalue weighted by Gasteiger charge is -2.26. The quantitative estimate of drug-likeness (QED) is 0.865. The van der Waals surface area contributed by atoms with Gasteiger partial charge in [-0.1, -0.05) is 19.1 Å². The SMILES string of the molecule is CCC(Oc1cccc(C)c1)C(=O)N(C)C(C)C(=O)O. The first-order chi connectivity index (χ1) is 9.36. The summed E-state index contributed by atoms with van der Waals surface area (Å²) < 4.78 is 5.67. The van der Waals surface area contributed by atoms with Gasteiger partial charge in [-0.2, -0.15) is 0 Å². The number of benzene rings is 1. The Morgan fingerprint density at radius 1 is 1.40 bits per heavy atom. The van der Waals surface area contributed by atoms with Crippen LogP contribution in [0, 0.1) is 6.92 Å². The van der Waals surface area contributed by atoms with Crippen LogP contribution < -0.4 is 4.74 Å². The highest BCUT2D eigenvalue weighted by Gasteiger charge is 2.28. The summed E-state index contributed by atoms with van der Waals surface area (Å²) in [5, 5.41) is 8.95. The topological polar surface area (TPSA) is 66.8 Å². The zero-order valence-corrected chi connectivity index (χ0v) is 12.3. The second kappa shape index (κ2) is 6.93.